The van der Waals surface area contributed by atoms with Gasteiger partial charge in [0.25, 0.3) is 0 Å². The van der Waals surface area contributed by atoms with Gasteiger partial charge in [0.15, 0.2) is 5.78 Å². The van der Waals surface area contributed by atoms with Crippen LogP contribution in [0, 0.1) is 26.7 Å². The van der Waals surface area contributed by atoms with Gasteiger partial charge < -0.3 is 4.74 Å². The zero-order valence-electron chi connectivity index (χ0n) is 20.4. The number of hydrogen-bond donors (Lipinski definition) is 0. The van der Waals surface area contributed by atoms with E-state index in [-0.39, 0.29) is 11.8 Å². The van der Waals surface area contributed by atoms with Crippen molar-refractivity contribution in [2.24, 2.45) is 5.92 Å². The van der Waals surface area contributed by atoms with Crippen LogP contribution in [0.15, 0.2) is 12.1 Å². The molecule has 0 amide bonds. The Bertz CT molecular complexity index is 634. The summed E-state index contributed by atoms with van der Waals surface area (Å²) < 4.78 is 13.7. The van der Waals surface area contributed by atoms with Gasteiger partial charge in [-0.2, -0.15) is 0 Å². The number of unbranched alkanes of at least 4 members (excludes halogenated alkanes) is 8. The maximum atomic E-state index is 13.2. The number of ketones is 1. The van der Waals surface area contributed by atoms with Crippen molar-refractivity contribution in [1.82, 2.24) is 0 Å². The number of benzene rings is 1. The van der Waals surface area contributed by atoms with E-state index in [1.807, 2.05) is 32.9 Å². The Kier molecular flexibility index (Phi) is 17.2. The Balaban J connectivity index is 0.00000436. The Morgan fingerprint density at radius 2 is 1.29 bits per heavy atom. The first-order chi connectivity index (χ1) is 14.9. The molecule has 1 aromatic rings. The third kappa shape index (κ3) is 11.6. The standard InChI is InChI=1S/C26H42O3.H2OP/c1-6-8-10-11-12-13-14-15-17-29-26(28)23(16-9-7-2)25(27)24-21(4)18-20(3)19-22(24)5;1-2/h18-19,23H,6-17H2,1-5H3;2H2/q;+1. The van der Waals surface area contributed by atoms with E-state index in [0.717, 1.165) is 42.4 Å². The smallest absolute Gasteiger partial charge is 0.316 e. The predicted octanol–water partition coefficient (Wildman–Crippen LogP) is 7.49. The minimum absolute atomic E-state index is 0.0747. The fourth-order valence-electron chi connectivity index (χ4n) is 4.02. The molecule has 2 atom stereocenters. The summed E-state index contributed by atoms with van der Waals surface area (Å²) in [5.74, 6) is -1.09. The first kappa shape index (κ1) is 29.5. The zero-order chi connectivity index (χ0) is 23.6. The Morgan fingerprint density at radius 3 is 1.81 bits per heavy atom. The minimum atomic E-state index is -0.677. The van der Waals surface area contributed by atoms with Crippen molar-refractivity contribution < 1.29 is 18.9 Å². The molecular formula is C26H44O4P+. The van der Waals surface area contributed by atoms with Crippen molar-refractivity contribution in [2.75, 3.05) is 6.61 Å². The van der Waals surface area contributed by atoms with Gasteiger partial charge in [0, 0.05) is 5.56 Å². The third-order valence-electron chi connectivity index (χ3n) is 5.61. The van der Waals surface area contributed by atoms with Crippen molar-refractivity contribution in [3.8, 4) is 0 Å². The molecule has 0 fully saturated rings. The van der Waals surface area contributed by atoms with Crippen LogP contribution in [0.3, 0.4) is 0 Å². The van der Waals surface area contributed by atoms with Crippen LogP contribution in [-0.2, 0) is 14.1 Å². The van der Waals surface area contributed by atoms with Crippen molar-refractivity contribution in [1.29, 1.82) is 0 Å². The molecule has 0 spiro atoms. The van der Waals surface area contributed by atoms with Gasteiger partial charge in [-0.25, -0.2) is 0 Å². The van der Waals surface area contributed by atoms with Gasteiger partial charge in [-0.1, -0.05) is 93.9 Å². The Hall–Kier alpha value is -1.54. The van der Waals surface area contributed by atoms with Crippen molar-refractivity contribution in [3.63, 3.8) is 0 Å². The number of aryl methyl sites for hydroxylation is 3. The molecule has 0 aromatic heterocycles. The van der Waals surface area contributed by atoms with Crippen LogP contribution >= 0.6 is 9.12 Å². The number of carbonyl (C=O) groups is 2. The molecule has 5 heteroatoms. The van der Waals surface area contributed by atoms with E-state index in [9.17, 15) is 9.59 Å². The van der Waals surface area contributed by atoms with Crippen LogP contribution in [-0.4, -0.2) is 18.4 Å². The second-order valence-electron chi connectivity index (χ2n) is 8.48. The zero-order valence-corrected chi connectivity index (χ0v) is 21.6. The van der Waals surface area contributed by atoms with Gasteiger partial charge in [-0.3, -0.25) is 9.59 Å². The molecule has 1 aromatic carbocycles. The molecule has 0 aliphatic heterocycles. The average molecular weight is 452 g/mol. The summed E-state index contributed by atoms with van der Waals surface area (Å²) in [4.78, 5) is 25.9. The number of hydrogen-bond acceptors (Lipinski definition) is 4. The van der Waals surface area contributed by atoms with E-state index in [0.29, 0.717) is 18.6 Å². The quantitative estimate of drug-likeness (QED) is 0.0911. The van der Waals surface area contributed by atoms with Crippen LogP contribution in [0.5, 0.6) is 0 Å². The molecule has 176 valence electrons. The first-order valence-corrected chi connectivity index (χ1v) is 12.4. The topological polar surface area (TPSA) is 60.4 Å². The van der Waals surface area contributed by atoms with Gasteiger partial charge in [-0.15, -0.1) is 0 Å². The molecule has 2 unspecified atom stereocenters. The van der Waals surface area contributed by atoms with Crippen LogP contribution in [0.25, 0.3) is 0 Å². The van der Waals surface area contributed by atoms with E-state index in [2.05, 4.69) is 13.8 Å². The Labute approximate surface area is 192 Å². The second kappa shape index (κ2) is 18.1. The summed E-state index contributed by atoms with van der Waals surface area (Å²) in [5.41, 5.74) is 3.73. The lowest BCUT2D eigenvalue weighted by Gasteiger charge is -2.18. The molecule has 0 aliphatic carbocycles. The van der Waals surface area contributed by atoms with Crippen molar-refractivity contribution in [2.45, 2.75) is 105 Å². The molecule has 0 heterocycles. The lowest BCUT2D eigenvalue weighted by Crippen LogP contribution is -2.28. The minimum Gasteiger partial charge on any atom is -0.465 e. The molecule has 0 bridgehead atoms. The molecule has 1 rings (SSSR count). The maximum Gasteiger partial charge on any atom is 0.316 e. The fourth-order valence-corrected chi connectivity index (χ4v) is 4.02. The van der Waals surface area contributed by atoms with E-state index in [1.165, 1.54) is 47.6 Å². The van der Waals surface area contributed by atoms with Crippen LogP contribution in [0.2, 0.25) is 0 Å². The van der Waals surface area contributed by atoms with Gasteiger partial charge >= 0.3 is 15.1 Å². The first-order valence-electron chi connectivity index (χ1n) is 11.9. The number of Topliss-reactive ketones (excluding diaryl/α,β-unsaturated/α-hetero) is 1. The van der Waals surface area contributed by atoms with Gasteiger partial charge in [0.2, 0.25) is 0 Å². The highest BCUT2D eigenvalue weighted by Crippen LogP contribution is 2.24. The monoisotopic (exact) mass is 451 g/mol. The van der Waals surface area contributed by atoms with Crippen LogP contribution in [0.4, 0.5) is 0 Å². The maximum absolute atomic E-state index is 13.2. The third-order valence-corrected chi connectivity index (χ3v) is 5.61. The van der Waals surface area contributed by atoms with Crippen LogP contribution < -0.4 is 0 Å². The SMILES string of the molecule is CCCCCCCCCCOC(=O)C(CCCC)C(=O)c1c(C)cc(C)cc1C.O=[PH2+]. The number of carbonyl (C=O) groups excluding carboxylic acids is 2. The molecule has 0 saturated carbocycles. The largest absolute Gasteiger partial charge is 0.465 e. The molecule has 4 nitrogen and oxygen atoms in total. The highest BCUT2D eigenvalue weighted by Gasteiger charge is 2.30. The van der Waals surface area contributed by atoms with Gasteiger partial charge in [-0.05, 0) is 44.7 Å². The lowest BCUT2D eigenvalue weighted by molar-refractivity contribution is -0.147. The van der Waals surface area contributed by atoms with Crippen molar-refractivity contribution >= 4 is 20.9 Å². The number of esters is 1. The normalized spacial score (nSPS) is 11.4. The fraction of sp³-hybridized carbons (Fsp3) is 0.692. The summed E-state index contributed by atoms with van der Waals surface area (Å²) in [5, 5.41) is 0. The average Bonchev–Trinajstić information content (AvgIpc) is 2.73. The summed E-state index contributed by atoms with van der Waals surface area (Å²) >= 11 is 0. The summed E-state index contributed by atoms with van der Waals surface area (Å²) in [6.45, 7) is 10.7. The molecule has 31 heavy (non-hydrogen) atoms. The van der Waals surface area contributed by atoms with E-state index < -0.39 is 5.92 Å². The highest BCUT2D eigenvalue weighted by atomic mass is 31.0. The molecule has 0 N–H and O–H groups in total. The highest BCUT2D eigenvalue weighted by molar-refractivity contribution is 7.00. The Morgan fingerprint density at radius 1 is 0.806 bits per heavy atom. The number of rotatable bonds is 15. The van der Waals surface area contributed by atoms with E-state index in [1.54, 1.807) is 0 Å². The second-order valence-corrected chi connectivity index (χ2v) is 8.48. The van der Waals surface area contributed by atoms with E-state index >= 15 is 0 Å². The van der Waals surface area contributed by atoms with E-state index in [4.69, 9.17) is 9.30 Å². The van der Waals surface area contributed by atoms with Crippen LogP contribution in [0.1, 0.15) is 112 Å². The molecule has 0 radical (unpaired) electrons. The van der Waals surface area contributed by atoms with Crippen molar-refractivity contribution in [3.05, 3.63) is 34.4 Å². The predicted molar refractivity (Wildman–Crippen MR) is 132 cm³/mol. The molecule has 0 saturated heterocycles. The summed E-state index contributed by atoms with van der Waals surface area (Å²) in [7, 11) is 1.17. The summed E-state index contributed by atoms with van der Waals surface area (Å²) in [6.07, 6.45) is 12.0. The lowest BCUT2D eigenvalue weighted by atomic mass is 9.87. The molecular weight excluding hydrogens is 407 g/mol. The molecule has 0 aliphatic rings. The summed E-state index contributed by atoms with van der Waals surface area (Å²) in [6, 6.07) is 4.03. The van der Waals surface area contributed by atoms with Gasteiger partial charge in [0.05, 0.1) is 6.61 Å². The number of ether oxygens (including phenoxy) is 1. The van der Waals surface area contributed by atoms with Gasteiger partial charge in [0.1, 0.15) is 5.92 Å².